The van der Waals surface area contributed by atoms with Gasteiger partial charge < -0.3 is 49.7 Å². The number of carbonyl (C=O) groups is 2. The van der Waals surface area contributed by atoms with Gasteiger partial charge in [-0.1, -0.05) is 153 Å². The molecule has 1 aliphatic heterocycles. The van der Waals surface area contributed by atoms with Crippen molar-refractivity contribution in [1.29, 1.82) is 0 Å². The summed E-state index contributed by atoms with van der Waals surface area (Å²) < 4.78 is 39.1. The molecule has 15 nitrogen and oxygen atoms in total. The Hall–Kier alpha value is -2.01. The Balaban J connectivity index is 1.75. The van der Waals surface area contributed by atoms with Gasteiger partial charge in [0.15, 0.2) is 6.10 Å². The number of phosphoric ester groups is 1. The van der Waals surface area contributed by atoms with Crippen molar-refractivity contribution in [3.63, 3.8) is 0 Å². The Morgan fingerprint density at radius 2 is 1.14 bits per heavy atom. The van der Waals surface area contributed by atoms with E-state index in [1.54, 1.807) is 6.08 Å². The van der Waals surface area contributed by atoms with Crippen molar-refractivity contribution in [3.8, 4) is 0 Å². The summed E-state index contributed by atoms with van der Waals surface area (Å²) in [6.07, 6.45) is 22.4. The Morgan fingerprint density at radius 3 is 1.75 bits per heavy atom. The van der Waals surface area contributed by atoms with Crippen LogP contribution >= 0.6 is 7.82 Å². The average Bonchev–Trinajstić information content (AvgIpc) is 4.02. The normalized spacial score (nSPS) is 25.7. The van der Waals surface area contributed by atoms with Crippen molar-refractivity contribution in [2.24, 2.45) is 0 Å². The molecule has 2 rings (SSSR count). The van der Waals surface area contributed by atoms with E-state index >= 15 is 0 Å². The van der Waals surface area contributed by atoms with Gasteiger partial charge in [0.1, 0.15) is 49.3 Å². The minimum atomic E-state index is -5.16. The summed E-state index contributed by atoms with van der Waals surface area (Å²) in [4.78, 5) is 35.8. The SMILES string of the molecule is CCCCC/C=C/CC1OC1/C=C\C(O)C/C=C/CCCC(=O)OC(COC(=O)CCCCCCCCCCCCCCCCC)COP(=O)(O)OC1C(O)C(O)C(O)C(O)C1O. The van der Waals surface area contributed by atoms with Gasteiger partial charge in [-0.2, -0.15) is 0 Å². The molecule has 7 N–H and O–H groups in total. The first-order chi connectivity index (χ1) is 30.3. The largest absolute Gasteiger partial charge is 0.472 e. The van der Waals surface area contributed by atoms with Crippen molar-refractivity contribution in [2.45, 2.75) is 235 Å². The van der Waals surface area contributed by atoms with Gasteiger partial charge >= 0.3 is 19.8 Å². The summed E-state index contributed by atoms with van der Waals surface area (Å²) in [5.74, 6) is -1.23. The van der Waals surface area contributed by atoms with E-state index < -0.39 is 81.8 Å². The molecule has 1 saturated heterocycles. The molecule has 0 aromatic carbocycles. The number of aliphatic hydroxyl groups excluding tert-OH is 6. The molecule has 2 aliphatic rings. The van der Waals surface area contributed by atoms with Gasteiger partial charge in [-0.3, -0.25) is 18.6 Å². The highest BCUT2D eigenvalue weighted by atomic mass is 31.2. The van der Waals surface area contributed by atoms with E-state index in [-0.39, 0.29) is 25.0 Å². The number of aliphatic hydroxyl groups is 6. The second kappa shape index (κ2) is 34.3. The number of phosphoric acid groups is 1. The first-order valence-corrected chi connectivity index (χ1v) is 25.5. The molecule has 2 fully saturated rings. The van der Waals surface area contributed by atoms with E-state index in [0.29, 0.717) is 25.7 Å². The molecule has 9 atom stereocenters. The van der Waals surface area contributed by atoms with Crippen LogP contribution in [-0.4, -0.2) is 122 Å². The molecule has 1 aliphatic carbocycles. The lowest BCUT2D eigenvalue weighted by molar-refractivity contribution is -0.220. The maximum atomic E-state index is 12.8. The van der Waals surface area contributed by atoms with E-state index in [9.17, 15) is 49.7 Å². The zero-order valence-corrected chi connectivity index (χ0v) is 39.1. The number of epoxide rings is 1. The standard InChI is InChI=1S/C47H83O15P/c1-3-5-7-9-11-12-13-14-15-16-17-18-19-21-26-30-40(49)58-34-37(35-59-63(56,57)62-47-45(54)43(52)42(51)44(53)46(47)55)60-41(50)31-27-23-22-24-28-36(48)32-33-39-38(61-39)29-25-20-10-8-6-4-2/h20,22,24-25,32-33,36-39,42-48,51-55H,3-19,21,23,26-31,34-35H2,1-2H3,(H,56,57)/b24-22+,25-20+,33-32-. The molecular formula is C47H83O15P. The third kappa shape index (κ3) is 26.7. The number of hydrogen-bond acceptors (Lipinski definition) is 14. The van der Waals surface area contributed by atoms with Gasteiger partial charge in [0.2, 0.25) is 0 Å². The summed E-state index contributed by atoms with van der Waals surface area (Å²) in [6.45, 7) is 3.14. The van der Waals surface area contributed by atoms with Crippen molar-refractivity contribution in [1.82, 2.24) is 0 Å². The molecule has 1 heterocycles. The second-order valence-electron chi connectivity index (χ2n) is 17.2. The van der Waals surface area contributed by atoms with Crippen LogP contribution in [0.3, 0.4) is 0 Å². The number of rotatable bonds is 38. The molecule has 16 heteroatoms. The van der Waals surface area contributed by atoms with Crippen LogP contribution in [0.25, 0.3) is 0 Å². The summed E-state index contributed by atoms with van der Waals surface area (Å²) in [5.41, 5.74) is 0. The zero-order valence-electron chi connectivity index (χ0n) is 38.2. The Bertz CT molecular complexity index is 1330. The van der Waals surface area contributed by atoms with Gasteiger partial charge in [0, 0.05) is 12.8 Å². The first-order valence-electron chi connectivity index (χ1n) is 24.0. The summed E-state index contributed by atoms with van der Waals surface area (Å²) in [5, 5.41) is 60.5. The molecule has 1 saturated carbocycles. The summed E-state index contributed by atoms with van der Waals surface area (Å²) in [6, 6.07) is 0. The maximum Gasteiger partial charge on any atom is 0.472 e. The van der Waals surface area contributed by atoms with E-state index in [1.165, 1.54) is 89.9 Å². The quantitative estimate of drug-likeness (QED) is 0.0105. The molecule has 366 valence electrons. The highest BCUT2D eigenvalue weighted by molar-refractivity contribution is 7.47. The first kappa shape index (κ1) is 57.1. The lowest BCUT2D eigenvalue weighted by atomic mass is 9.85. The number of hydrogen-bond donors (Lipinski definition) is 7. The van der Waals surface area contributed by atoms with Crippen LogP contribution in [0.1, 0.15) is 174 Å². The summed E-state index contributed by atoms with van der Waals surface area (Å²) >= 11 is 0. The average molecular weight is 919 g/mol. The van der Waals surface area contributed by atoms with Crippen LogP contribution in [0.2, 0.25) is 0 Å². The van der Waals surface area contributed by atoms with E-state index in [0.717, 1.165) is 32.1 Å². The minimum Gasteiger partial charge on any atom is -0.462 e. The smallest absolute Gasteiger partial charge is 0.462 e. The van der Waals surface area contributed by atoms with Gasteiger partial charge in [0.25, 0.3) is 0 Å². The van der Waals surface area contributed by atoms with Crippen LogP contribution in [-0.2, 0) is 37.4 Å². The van der Waals surface area contributed by atoms with Crippen LogP contribution in [0.4, 0.5) is 0 Å². The predicted molar refractivity (Wildman–Crippen MR) is 240 cm³/mol. The van der Waals surface area contributed by atoms with Crippen LogP contribution in [0.5, 0.6) is 0 Å². The van der Waals surface area contributed by atoms with Crippen LogP contribution in [0, 0.1) is 0 Å². The molecule has 0 aromatic heterocycles. The molecular weight excluding hydrogens is 835 g/mol. The third-order valence-corrected chi connectivity index (χ3v) is 12.4. The number of allylic oxidation sites excluding steroid dienone is 2. The van der Waals surface area contributed by atoms with E-state index in [2.05, 4.69) is 26.0 Å². The van der Waals surface area contributed by atoms with Crippen LogP contribution in [0.15, 0.2) is 36.5 Å². The van der Waals surface area contributed by atoms with Crippen molar-refractivity contribution < 1.29 is 72.9 Å². The Morgan fingerprint density at radius 1 is 0.635 bits per heavy atom. The Kier molecular flexibility index (Phi) is 31.1. The minimum absolute atomic E-state index is 0.0130. The summed E-state index contributed by atoms with van der Waals surface area (Å²) in [7, 11) is -5.16. The van der Waals surface area contributed by atoms with Gasteiger partial charge in [0.05, 0.1) is 18.8 Å². The fourth-order valence-electron chi connectivity index (χ4n) is 7.35. The highest BCUT2D eigenvalue weighted by Gasteiger charge is 2.51. The second-order valence-corrected chi connectivity index (χ2v) is 18.6. The van der Waals surface area contributed by atoms with Gasteiger partial charge in [-0.25, -0.2) is 4.57 Å². The molecule has 0 radical (unpaired) electrons. The zero-order chi connectivity index (χ0) is 46.3. The van der Waals surface area contributed by atoms with E-state index in [1.807, 2.05) is 18.2 Å². The van der Waals surface area contributed by atoms with Crippen molar-refractivity contribution in [3.05, 3.63) is 36.5 Å². The molecule has 63 heavy (non-hydrogen) atoms. The number of esters is 2. The van der Waals surface area contributed by atoms with Gasteiger partial charge in [-0.05, 0) is 44.9 Å². The fourth-order valence-corrected chi connectivity index (χ4v) is 8.33. The maximum absolute atomic E-state index is 12.8. The third-order valence-electron chi connectivity index (χ3n) is 11.4. The van der Waals surface area contributed by atoms with E-state index in [4.69, 9.17) is 23.3 Å². The Labute approximate surface area is 376 Å². The monoisotopic (exact) mass is 919 g/mol. The fraction of sp³-hybridized carbons (Fsp3) is 0.830. The molecule has 0 amide bonds. The molecule has 9 unspecified atom stereocenters. The lowest BCUT2D eigenvalue weighted by Gasteiger charge is -2.41. The molecule has 0 aromatic rings. The molecule has 0 spiro atoms. The molecule has 0 bridgehead atoms. The predicted octanol–water partition coefficient (Wildman–Crippen LogP) is 7.35. The number of ether oxygens (including phenoxy) is 3. The number of carbonyl (C=O) groups excluding carboxylic acids is 2. The van der Waals surface area contributed by atoms with Gasteiger partial charge in [-0.15, -0.1) is 0 Å². The number of unbranched alkanes of at least 4 members (excludes halogenated alkanes) is 18. The highest BCUT2D eigenvalue weighted by Crippen LogP contribution is 2.47. The van der Waals surface area contributed by atoms with Crippen molar-refractivity contribution >= 4 is 19.8 Å². The van der Waals surface area contributed by atoms with Crippen LogP contribution < -0.4 is 0 Å². The van der Waals surface area contributed by atoms with Crippen molar-refractivity contribution in [2.75, 3.05) is 13.2 Å². The topological polar surface area (TPSA) is 242 Å². The lowest BCUT2D eigenvalue weighted by Crippen LogP contribution is -2.64.